The predicted molar refractivity (Wildman–Crippen MR) is 148 cm³/mol. The molecule has 0 aromatic heterocycles. The molecule has 208 valence electrons. The quantitative estimate of drug-likeness (QED) is 0.195. The molecule has 1 aliphatic rings. The fraction of sp³-hybridized carbons (Fsp3) is 0.267. The number of Topliss-reactive ketones (excluding diaryl/α,β-unsaturated/α-hetero) is 1. The molecule has 0 aliphatic carbocycles. The molecular formula is C30H32FN5O4. The highest BCUT2D eigenvalue weighted by molar-refractivity contribution is 5.97. The number of rotatable bonds is 10. The molecule has 1 saturated heterocycles. The number of hydrogen-bond donors (Lipinski definition) is 5. The number of nitrogens with two attached hydrogens (primary N) is 1. The van der Waals surface area contributed by atoms with E-state index in [-0.39, 0.29) is 16.9 Å². The molecule has 1 unspecified atom stereocenters. The van der Waals surface area contributed by atoms with Gasteiger partial charge in [0.2, 0.25) is 5.91 Å². The molecular weight excluding hydrogens is 513 g/mol. The highest BCUT2D eigenvalue weighted by Crippen LogP contribution is 2.30. The van der Waals surface area contributed by atoms with Crippen molar-refractivity contribution < 1.29 is 23.5 Å². The van der Waals surface area contributed by atoms with Crippen molar-refractivity contribution in [2.75, 3.05) is 13.7 Å². The summed E-state index contributed by atoms with van der Waals surface area (Å²) < 4.78 is 19.7. The van der Waals surface area contributed by atoms with Crippen molar-refractivity contribution in [2.24, 2.45) is 5.73 Å². The van der Waals surface area contributed by atoms with Crippen molar-refractivity contribution in [1.82, 2.24) is 16.0 Å². The fourth-order valence-corrected chi connectivity index (χ4v) is 4.99. The summed E-state index contributed by atoms with van der Waals surface area (Å²) in [6.07, 6.45) is 0.527. The van der Waals surface area contributed by atoms with Crippen LogP contribution in [-0.2, 0) is 14.3 Å². The summed E-state index contributed by atoms with van der Waals surface area (Å²) in [5, 5.41) is 16.1. The minimum atomic E-state index is -1.23. The van der Waals surface area contributed by atoms with E-state index in [1.54, 1.807) is 0 Å². The van der Waals surface area contributed by atoms with Gasteiger partial charge in [0, 0.05) is 5.92 Å². The third-order valence-electron chi connectivity index (χ3n) is 6.98. The Labute approximate surface area is 231 Å². The Morgan fingerprint density at radius 2 is 1.60 bits per heavy atom. The SMILES string of the molecule is COC(=O)N[C@@H](C(=O)NC(C(=O)[C@@H]1CCCN1)c1ccc(C(=N)N)c(F)c1)C(c1ccccc1)c1ccccc1. The molecule has 1 heterocycles. The zero-order valence-electron chi connectivity index (χ0n) is 22.0. The van der Waals surface area contributed by atoms with E-state index >= 15 is 0 Å². The van der Waals surface area contributed by atoms with Crippen LogP contribution in [0.15, 0.2) is 78.9 Å². The lowest BCUT2D eigenvalue weighted by Crippen LogP contribution is -2.53. The Bertz CT molecular complexity index is 1320. The van der Waals surface area contributed by atoms with Crippen LogP contribution in [0.2, 0.25) is 0 Å². The number of halogens is 1. The Hall–Kier alpha value is -4.57. The van der Waals surface area contributed by atoms with Crippen LogP contribution in [-0.4, -0.2) is 49.4 Å². The smallest absolute Gasteiger partial charge is 0.407 e. The highest BCUT2D eigenvalue weighted by atomic mass is 19.1. The number of amides is 2. The van der Waals surface area contributed by atoms with Crippen LogP contribution in [0.3, 0.4) is 0 Å². The number of nitrogens with one attached hydrogen (secondary N) is 4. The van der Waals surface area contributed by atoms with Crippen LogP contribution in [0.5, 0.6) is 0 Å². The number of methoxy groups -OCH3 is 1. The number of ketones is 1. The van der Waals surface area contributed by atoms with Gasteiger partial charge in [-0.25, -0.2) is 9.18 Å². The maximum absolute atomic E-state index is 14.9. The normalized spacial score (nSPS) is 16.1. The minimum Gasteiger partial charge on any atom is -0.453 e. The zero-order chi connectivity index (χ0) is 28.6. The first-order chi connectivity index (χ1) is 19.3. The monoisotopic (exact) mass is 545 g/mol. The average Bonchev–Trinajstić information content (AvgIpc) is 3.51. The number of alkyl carbamates (subject to hydrolysis) is 1. The van der Waals surface area contributed by atoms with Gasteiger partial charge in [0.25, 0.3) is 0 Å². The molecule has 0 radical (unpaired) electrons. The Morgan fingerprint density at radius 3 is 2.10 bits per heavy atom. The largest absolute Gasteiger partial charge is 0.453 e. The maximum atomic E-state index is 14.9. The van der Waals surface area contributed by atoms with Gasteiger partial charge in [0.05, 0.1) is 18.7 Å². The number of benzene rings is 3. The van der Waals surface area contributed by atoms with Crippen molar-refractivity contribution in [3.63, 3.8) is 0 Å². The second-order valence-corrected chi connectivity index (χ2v) is 9.56. The Balaban J connectivity index is 1.76. The molecule has 3 aromatic carbocycles. The molecule has 6 N–H and O–H groups in total. The Morgan fingerprint density at radius 1 is 0.975 bits per heavy atom. The number of nitrogen functional groups attached to an aromatic ring is 1. The van der Waals surface area contributed by atoms with E-state index in [1.807, 2.05) is 60.7 Å². The van der Waals surface area contributed by atoms with Gasteiger partial charge < -0.3 is 26.4 Å². The van der Waals surface area contributed by atoms with Gasteiger partial charge in [-0.2, -0.15) is 0 Å². The van der Waals surface area contributed by atoms with Gasteiger partial charge in [-0.05, 0) is 48.2 Å². The first kappa shape index (κ1) is 28.4. The van der Waals surface area contributed by atoms with Gasteiger partial charge in [-0.1, -0.05) is 66.7 Å². The standard InChI is InChI=1S/C30H32FN5O4/c1-40-30(39)36-26(24(18-9-4-2-5-10-18)19-11-6-3-7-12-19)29(38)35-25(27(37)23-13-8-16-34-23)20-14-15-21(28(32)33)22(31)17-20/h2-7,9-12,14-15,17,23-26,34H,8,13,16H2,1H3,(H3,32,33)(H,35,38)(H,36,39)/t23-,25?,26+/m0/s1. The van der Waals surface area contributed by atoms with E-state index in [0.717, 1.165) is 23.6 Å². The summed E-state index contributed by atoms with van der Waals surface area (Å²) in [6, 6.07) is 19.3. The van der Waals surface area contributed by atoms with Crippen LogP contribution in [0.1, 0.15) is 47.1 Å². The van der Waals surface area contributed by atoms with Crippen molar-refractivity contribution in [1.29, 1.82) is 5.41 Å². The lowest BCUT2D eigenvalue weighted by atomic mass is 9.84. The molecule has 1 fully saturated rings. The molecule has 0 spiro atoms. The summed E-state index contributed by atoms with van der Waals surface area (Å²) in [7, 11) is 1.20. The highest BCUT2D eigenvalue weighted by Gasteiger charge is 2.37. The molecule has 3 atom stereocenters. The molecule has 9 nitrogen and oxygen atoms in total. The third-order valence-corrected chi connectivity index (χ3v) is 6.98. The minimum absolute atomic E-state index is 0.112. The summed E-state index contributed by atoms with van der Waals surface area (Å²) >= 11 is 0. The molecule has 3 aromatic rings. The van der Waals surface area contributed by atoms with Gasteiger partial charge >= 0.3 is 6.09 Å². The van der Waals surface area contributed by atoms with E-state index in [4.69, 9.17) is 15.9 Å². The number of hydrogen-bond acceptors (Lipinski definition) is 6. The maximum Gasteiger partial charge on any atom is 0.407 e. The van der Waals surface area contributed by atoms with E-state index in [2.05, 4.69) is 16.0 Å². The molecule has 0 saturated carbocycles. The number of carbonyl (C=O) groups is 3. The molecule has 2 amide bonds. The van der Waals surface area contributed by atoms with E-state index in [0.29, 0.717) is 13.0 Å². The van der Waals surface area contributed by atoms with Crippen LogP contribution >= 0.6 is 0 Å². The van der Waals surface area contributed by atoms with E-state index in [1.165, 1.54) is 19.2 Å². The van der Waals surface area contributed by atoms with E-state index in [9.17, 15) is 18.8 Å². The third kappa shape index (κ3) is 6.52. The van der Waals surface area contributed by atoms with Crippen LogP contribution in [0, 0.1) is 11.2 Å². The lowest BCUT2D eigenvalue weighted by molar-refractivity contribution is -0.130. The average molecular weight is 546 g/mol. The molecule has 10 heteroatoms. The summed E-state index contributed by atoms with van der Waals surface area (Å²) in [6.45, 7) is 0.644. The first-order valence-electron chi connectivity index (χ1n) is 13.0. The van der Waals surface area contributed by atoms with Crippen molar-refractivity contribution in [3.8, 4) is 0 Å². The number of carbonyl (C=O) groups excluding carboxylic acids is 3. The fourth-order valence-electron chi connectivity index (χ4n) is 4.99. The van der Waals surface area contributed by atoms with Gasteiger partial charge in [-0.15, -0.1) is 0 Å². The summed E-state index contributed by atoms with van der Waals surface area (Å²) in [5.41, 5.74) is 7.06. The van der Waals surface area contributed by atoms with Gasteiger partial charge in [-0.3, -0.25) is 15.0 Å². The van der Waals surface area contributed by atoms with Crippen LogP contribution in [0.25, 0.3) is 0 Å². The Kier molecular flexibility index (Phi) is 9.23. The van der Waals surface area contributed by atoms with Crippen molar-refractivity contribution in [2.45, 2.75) is 36.9 Å². The number of amidine groups is 1. The van der Waals surface area contributed by atoms with Gasteiger partial charge in [0.1, 0.15) is 23.7 Å². The number of ether oxygens (including phenoxy) is 1. The van der Waals surface area contributed by atoms with Crippen LogP contribution < -0.4 is 21.7 Å². The molecule has 1 aliphatic heterocycles. The summed E-state index contributed by atoms with van der Waals surface area (Å²) in [4.78, 5) is 40.2. The zero-order valence-corrected chi connectivity index (χ0v) is 22.0. The molecule has 0 bridgehead atoms. The molecule has 40 heavy (non-hydrogen) atoms. The topological polar surface area (TPSA) is 146 Å². The predicted octanol–water partition coefficient (Wildman–Crippen LogP) is 3.14. The van der Waals surface area contributed by atoms with E-state index < -0.39 is 47.7 Å². The second-order valence-electron chi connectivity index (χ2n) is 9.56. The van der Waals surface area contributed by atoms with Gasteiger partial charge in [0.15, 0.2) is 5.78 Å². The van der Waals surface area contributed by atoms with Crippen molar-refractivity contribution >= 4 is 23.6 Å². The molecule has 4 rings (SSSR count). The van der Waals surface area contributed by atoms with Crippen molar-refractivity contribution in [3.05, 3.63) is 107 Å². The lowest BCUT2D eigenvalue weighted by Gasteiger charge is -2.30. The second kappa shape index (κ2) is 13.0. The first-order valence-corrected chi connectivity index (χ1v) is 13.0. The van der Waals surface area contributed by atoms with Crippen LogP contribution in [0.4, 0.5) is 9.18 Å². The summed E-state index contributed by atoms with van der Waals surface area (Å²) in [5.74, 6) is -2.88.